The summed E-state index contributed by atoms with van der Waals surface area (Å²) in [6.45, 7) is -0.0596. The molecule has 1 aliphatic carbocycles. The van der Waals surface area contributed by atoms with Crippen molar-refractivity contribution in [2.75, 3.05) is 13.2 Å². The molecule has 0 spiro atoms. The number of aliphatic hydroxyl groups is 2. The summed E-state index contributed by atoms with van der Waals surface area (Å²) in [6, 6.07) is 17.3. The van der Waals surface area contributed by atoms with E-state index < -0.39 is 41.4 Å². The van der Waals surface area contributed by atoms with Gasteiger partial charge in [-0.3, -0.25) is 0 Å². The number of fused-ring (bicyclic) bond motifs is 3. The minimum absolute atomic E-state index is 0.0838. The van der Waals surface area contributed by atoms with Crippen LogP contribution in [0.1, 0.15) is 40.7 Å². The van der Waals surface area contributed by atoms with Crippen molar-refractivity contribution in [3.63, 3.8) is 0 Å². The van der Waals surface area contributed by atoms with Crippen LogP contribution in [0.15, 0.2) is 66.7 Å². The Morgan fingerprint density at radius 3 is 2.17 bits per heavy atom. The first-order valence-electron chi connectivity index (χ1n) is 11.0. The van der Waals surface area contributed by atoms with Gasteiger partial charge in [-0.25, -0.2) is 9.18 Å². The summed E-state index contributed by atoms with van der Waals surface area (Å²) in [7, 11) is 0. The van der Waals surface area contributed by atoms with Crippen LogP contribution in [0.5, 0.6) is 0 Å². The van der Waals surface area contributed by atoms with Gasteiger partial charge in [0.2, 0.25) is 0 Å². The zero-order valence-corrected chi connectivity index (χ0v) is 18.4. The van der Waals surface area contributed by atoms with Crippen molar-refractivity contribution < 1.29 is 37.3 Å². The van der Waals surface area contributed by atoms with Gasteiger partial charge in [-0.05, 0) is 46.9 Å². The van der Waals surface area contributed by atoms with E-state index in [2.05, 4.69) is 5.32 Å². The SMILES string of the molecule is O=C(NCCC(O)C(O)c1cc(C(F)(F)F)ccc1F)OCC1c2ccccc2-c2ccccc21. The number of amides is 1. The molecule has 0 heterocycles. The summed E-state index contributed by atoms with van der Waals surface area (Å²) in [4.78, 5) is 12.2. The summed E-state index contributed by atoms with van der Waals surface area (Å²) in [6.07, 6.45) is -9.22. The largest absolute Gasteiger partial charge is 0.449 e. The van der Waals surface area contributed by atoms with Crippen molar-refractivity contribution in [3.05, 3.63) is 94.8 Å². The van der Waals surface area contributed by atoms with E-state index in [1.54, 1.807) is 0 Å². The maximum atomic E-state index is 14.0. The predicted molar refractivity (Wildman–Crippen MR) is 120 cm³/mol. The topological polar surface area (TPSA) is 78.8 Å². The number of benzene rings is 3. The number of alkyl halides is 3. The van der Waals surface area contributed by atoms with Crippen molar-refractivity contribution in [2.45, 2.75) is 30.7 Å². The highest BCUT2D eigenvalue weighted by Gasteiger charge is 2.33. The smallest absolute Gasteiger partial charge is 0.416 e. The fraction of sp³-hybridized carbons (Fsp3) is 0.269. The van der Waals surface area contributed by atoms with E-state index in [0.29, 0.717) is 18.2 Å². The Hall–Kier alpha value is -3.43. The number of halogens is 4. The summed E-state index contributed by atoms with van der Waals surface area (Å²) >= 11 is 0. The average Bonchev–Trinajstić information content (AvgIpc) is 3.15. The lowest BCUT2D eigenvalue weighted by atomic mass is 9.98. The van der Waals surface area contributed by atoms with Crippen LogP contribution in [-0.4, -0.2) is 35.6 Å². The van der Waals surface area contributed by atoms with Crippen molar-refractivity contribution in [2.24, 2.45) is 0 Å². The molecule has 5 nitrogen and oxygen atoms in total. The lowest BCUT2D eigenvalue weighted by Crippen LogP contribution is -2.31. The molecule has 0 aliphatic heterocycles. The lowest BCUT2D eigenvalue weighted by molar-refractivity contribution is -0.137. The van der Waals surface area contributed by atoms with E-state index in [1.807, 2.05) is 48.5 Å². The molecule has 1 amide bonds. The number of aliphatic hydroxyl groups excluding tert-OH is 2. The highest BCUT2D eigenvalue weighted by Crippen LogP contribution is 2.44. The molecule has 0 fully saturated rings. The molecule has 184 valence electrons. The molecule has 0 saturated heterocycles. The first-order chi connectivity index (χ1) is 16.7. The maximum Gasteiger partial charge on any atom is 0.416 e. The standard InChI is InChI=1S/C26H23F4NO4/c27-22-10-9-15(26(28,29)30)13-20(22)24(33)23(32)11-12-31-25(34)35-14-21-18-7-3-1-5-16(18)17-6-2-4-8-19(17)21/h1-10,13,21,23-24,32-33H,11-12,14H2,(H,31,34). The second-order valence-corrected chi connectivity index (χ2v) is 8.29. The minimum atomic E-state index is -4.72. The van der Waals surface area contributed by atoms with Crippen LogP contribution in [0, 0.1) is 5.82 Å². The monoisotopic (exact) mass is 489 g/mol. The molecule has 4 rings (SSSR count). The predicted octanol–water partition coefficient (Wildman–Crippen LogP) is 5.17. The normalized spacial score (nSPS) is 14.7. The summed E-state index contributed by atoms with van der Waals surface area (Å²) in [5.74, 6) is -1.21. The van der Waals surface area contributed by atoms with Gasteiger partial charge in [0.1, 0.15) is 18.5 Å². The fourth-order valence-corrected chi connectivity index (χ4v) is 4.28. The first-order valence-corrected chi connectivity index (χ1v) is 11.0. The third kappa shape index (κ3) is 5.31. The number of hydrogen-bond acceptors (Lipinski definition) is 4. The van der Waals surface area contributed by atoms with E-state index in [0.717, 1.165) is 22.3 Å². The Morgan fingerprint density at radius 2 is 1.57 bits per heavy atom. The zero-order chi connectivity index (χ0) is 25.2. The molecular weight excluding hydrogens is 466 g/mol. The molecule has 2 atom stereocenters. The fourth-order valence-electron chi connectivity index (χ4n) is 4.28. The van der Waals surface area contributed by atoms with Crippen LogP contribution < -0.4 is 5.32 Å². The van der Waals surface area contributed by atoms with E-state index in [-0.39, 0.29) is 25.5 Å². The molecule has 3 aromatic rings. The average molecular weight is 489 g/mol. The zero-order valence-electron chi connectivity index (χ0n) is 18.4. The molecule has 3 N–H and O–H groups in total. The highest BCUT2D eigenvalue weighted by atomic mass is 19.4. The molecular formula is C26H23F4NO4. The minimum Gasteiger partial charge on any atom is -0.449 e. The van der Waals surface area contributed by atoms with Gasteiger partial charge in [-0.15, -0.1) is 0 Å². The summed E-state index contributed by atoms with van der Waals surface area (Å²) in [5, 5.41) is 22.7. The number of carbonyl (C=O) groups is 1. The molecule has 2 unspecified atom stereocenters. The Labute approximate surface area is 199 Å². The van der Waals surface area contributed by atoms with Gasteiger partial charge < -0.3 is 20.3 Å². The molecule has 0 saturated carbocycles. The van der Waals surface area contributed by atoms with Crippen molar-refractivity contribution in [3.8, 4) is 11.1 Å². The molecule has 1 aliphatic rings. The number of alkyl carbamates (subject to hydrolysis) is 1. The van der Waals surface area contributed by atoms with Crippen LogP contribution in [0.4, 0.5) is 22.4 Å². The molecule has 9 heteroatoms. The van der Waals surface area contributed by atoms with Gasteiger partial charge in [-0.2, -0.15) is 13.2 Å². The van der Waals surface area contributed by atoms with Gasteiger partial charge in [-0.1, -0.05) is 48.5 Å². The van der Waals surface area contributed by atoms with Crippen LogP contribution in [0.25, 0.3) is 11.1 Å². The highest BCUT2D eigenvalue weighted by molar-refractivity contribution is 5.79. The van der Waals surface area contributed by atoms with Crippen LogP contribution >= 0.6 is 0 Å². The third-order valence-electron chi connectivity index (χ3n) is 6.06. The second-order valence-electron chi connectivity index (χ2n) is 8.29. The third-order valence-corrected chi connectivity index (χ3v) is 6.06. The Kier molecular flexibility index (Phi) is 7.09. The van der Waals surface area contributed by atoms with Crippen molar-refractivity contribution in [1.82, 2.24) is 5.32 Å². The second kappa shape index (κ2) is 10.1. The molecule has 0 aromatic heterocycles. The number of rotatable bonds is 7. The van der Waals surface area contributed by atoms with Gasteiger partial charge in [0.05, 0.1) is 11.7 Å². The quantitative estimate of drug-likeness (QED) is 0.401. The molecule has 3 aromatic carbocycles. The van der Waals surface area contributed by atoms with Gasteiger partial charge in [0, 0.05) is 18.0 Å². The number of ether oxygens (including phenoxy) is 1. The lowest BCUT2D eigenvalue weighted by Gasteiger charge is -2.20. The van der Waals surface area contributed by atoms with E-state index >= 15 is 0 Å². The van der Waals surface area contributed by atoms with Crippen molar-refractivity contribution in [1.29, 1.82) is 0 Å². The van der Waals surface area contributed by atoms with Gasteiger partial charge in [0.15, 0.2) is 0 Å². The molecule has 0 radical (unpaired) electrons. The Bertz CT molecular complexity index is 1170. The number of hydrogen-bond donors (Lipinski definition) is 3. The van der Waals surface area contributed by atoms with Crippen LogP contribution in [-0.2, 0) is 10.9 Å². The Balaban J connectivity index is 1.30. The van der Waals surface area contributed by atoms with Crippen LogP contribution in [0.3, 0.4) is 0 Å². The van der Waals surface area contributed by atoms with E-state index in [4.69, 9.17) is 4.74 Å². The first kappa shape index (κ1) is 24.7. The van der Waals surface area contributed by atoms with Gasteiger partial charge >= 0.3 is 12.3 Å². The number of nitrogens with one attached hydrogen (secondary N) is 1. The van der Waals surface area contributed by atoms with Crippen LogP contribution in [0.2, 0.25) is 0 Å². The maximum absolute atomic E-state index is 14.0. The van der Waals surface area contributed by atoms with E-state index in [1.165, 1.54) is 0 Å². The Morgan fingerprint density at radius 1 is 0.971 bits per heavy atom. The summed E-state index contributed by atoms with van der Waals surface area (Å²) < 4.78 is 57.9. The van der Waals surface area contributed by atoms with Crippen molar-refractivity contribution >= 4 is 6.09 Å². The number of carbonyl (C=O) groups excluding carboxylic acids is 1. The molecule has 35 heavy (non-hydrogen) atoms. The van der Waals surface area contributed by atoms with Gasteiger partial charge in [0.25, 0.3) is 0 Å². The summed E-state index contributed by atoms with van der Waals surface area (Å²) in [5.41, 5.74) is 2.43. The molecule has 0 bridgehead atoms. The van der Waals surface area contributed by atoms with E-state index in [9.17, 15) is 32.6 Å².